The van der Waals surface area contributed by atoms with E-state index in [1.807, 2.05) is 6.07 Å². The Morgan fingerprint density at radius 3 is 2.17 bits per heavy atom. The van der Waals surface area contributed by atoms with E-state index in [-0.39, 0.29) is 11.1 Å². The van der Waals surface area contributed by atoms with E-state index in [4.69, 9.17) is 9.47 Å². The molecule has 24 heavy (non-hydrogen) atoms. The predicted octanol–water partition coefficient (Wildman–Crippen LogP) is 4.79. The Hall–Kier alpha value is -2.94. The SMILES string of the molecule is COc1cc(OC)cc(/C(C#N)=C/c2cccc(C(F)(F)F)c2)c1. The maximum atomic E-state index is 12.8. The van der Waals surface area contributed by atoms with Crippen molar-refractivity contribution in [3.05, 3.63) is 59.2 Å². The first-order valence-electron chi connectivity index (χ1n) is 6.90. The normalized spacial score (nSPS) is 11.8. The second-order valence-electron chi connectivity index (χ2n) is 4.89. The van der Waals surface area contributed by atoms with Gasteiger partial charge < -0.3 is 9.47 Å². The fourth-order valence-electron chi connectivity index (χ4n) is 2.11. The van der Waals surface area contributed by atoms with Gasteiger partial charge in [-0.1, -0.05) is 12.1 Å². The van der Waals surface area contributed by atoms with Gasteiger partial charge >= 0.3 is 6.18 Å². The molecule has 2 aromatic rings. The number of halogens is 3. The van der Waals surface area contributed by atoms with Crippen LogP contribution in [0.15, 0.2) is 42.5 Å². The molecule has 0 aromatic heterocycles. The molecule has 0 N–H and O–H groups in total. The molecule has 0 amide bonds. The van der Waals surface area contributed by atoms with E-state index in [0.29, 0.717) is 17.1 Å². The Morgan fingerprint density at radius 1 is 1.04 bits per heavy atom. The number of hydrogen-bond donors (Lipinski definition) is 0. The van der Waals surface area contributed by atoms with Crippen molar-refractivity contribution in [2.24, 2.45) is 0 Å². The van der Waals surface area contributed by atoms with E-state index in [9.17, 15) is 18.4 Å². The fourth-order valence-corrected chi connectivity index (χ4v) is 2.11. The molecular weight excluding hydrogens is 319 g/mol. The van der Waals surface area contributed by atoms with Crippen LogP contribution in [0.4, 0.5) is 13.2 Å². The zero-order valence-electron chi connectivity index (χ0n) is 13.0. The molecule has 0 atom stereocenters. The summed E-state index contributed by atoms with van der Waals surface area (Å²) in [4.78, 5) is 0. The highest BCUT2D eigenvalue weighted by Crippen LogP contribution is 2.31. The third-order valence-corrected chi connectivity index (χ3v) is 3.31. The van der Waals surface area contributed by atoms with Crippen molar-refractivity contribution in [3.8, 4) is 17.6 Å². The molecule has 0 aliphatic carbocycles. The number of rotatable bonds is 4. The maximum Gasteiger partial charge on any atom is 0.416 e. The number of alkyl halides is 3. The van der Waals surface area contributed by atoms with Crippen LogP contribution in [0.1, 0.15) is 16.7 Å². The zero-order chi connectivity index (χ0) is 17.7. The molecular formula is C18H14F3NO2. The Morgan fingerprint density at radius 2 is 1.67 bits per heavy atom. The maximum absolute atomic E-state index is 12.8. The molecule has 0 aliphatic heterocycles. The molecule has 0 saturated heterocycles. The molecule has 6 heteroatoms. The van der Waals surface area contributed by atoms with Crippen LogP contribution in [-0.4, -0.2) is 14.2 Å². The Labute approximate surface area is 137 Å². The minimum absolute atomic E-state index is 0.200. The molecule has 0 heterocycles. The molecule has 0 bridgehead atoms. The minimum Gasteiger partial charge on any atom is -0.497 e. The molecule has 0 aliphatic rings. The quantitative estimate of drug-likeness (QED) is 0.597. The van der Waals surface area contributed by atoms with Crippen molar-refractivity contribution in [1.29, 1.82) is 5.26 Å². The Bertz CT molecular complexity index is 782. The third kappa shape index (κ3) is 4.07. The van der Waals surface area contributed by atoms with Crippen molar-refractivity contribution in [2.45, 2.75) is 6.18 Å². The van der Waals surface area contributed by atoms with Gasteiger partial charge in [0, 0.05) is 6.07 Å². The minimum atomic E-state index is -4.43. The lowest BCUT2D eigenvalue weighted by Gasteiger charge is -2.09. The number of benzene rings is 2. The summed E-state index contributed by atoms with van der Waals surface area (Å²) < 4.78 is 48.6. The van der Waals surface area contributed by atoms with Crippen LogP contribution < -0.4 is 9.47 Å². The first-order valence-corrected chi connectivity index (χ1v) is 6.90. The van der Waals surface area contributed by atoms with Crippen molar-refractivity contribution in [3.63, 3.8) is 0 Å². The molecule has 0 unspecified atom stereocenters. The van der Waals surface area contributed by atoms with Crippen LogP contribution in [0.2, 0.25) is 0 Å². The van der Waals surface area contributed by atoms with Crippen LogP contribution in [0.5, 0.6) is 11.5 Å². The second-order valence-corrected chi connectivity index (χ2v) is 4.89. The van der Waals surface area contributed by atoms with Gasteiger partial charge in [0.1, 0.15) is 11.5 Å². The number of allylic oxidation sites excluding steroid dienone is 1. The van der Waals surface area contributed by atoms with Gasteiger partial charge in [-0.3, -0.25) is 0 Å². The number of nitrogens with zero attached hydrogens (tertiary/aromatic N) is 1. The fraction of sp³-hybridized carbons (Fsp3) is 0.167. The van der Waals surface area contributed by atoms with E-state index < -0.39 is 11.7 Å². The highest BCUT2D eigenvalue weighted by molar-refractivity contribution is 5.90. The molecule has 3 nitrogen and oxygen atoms in total. The van der Waals surface area contributed by atoms with E-state index in [2.05, 4.69) is 0 Å². The van der Waals surface area contributed by atoms with Gasteiger partial charge in [0.25, 0.3) is 0 Å². The zero-order valence-corrected chi connectivity index (χ0v) is 13.0. The van der Waals surface area contributed by atoms with Gasteiger partial charge in [-0.2, -0.15) is 18.4 Å². The summed E-state index contributed by atoms with van der Waals surface area (Å²) in [6.45, 7) is 0. The Kier molecular flexibility index (Phi) is 5.14. The second kappa shape index (κ2) is 7.09. The molecule has 2 rings (SSSR count). The highest BCUT2D eigenvalue weighted by atomic mass is 19.4. The van der Waals surface area contributed by atoms with Crippen molar-refractivity contribution < 1.29 is 22.6 Å². The van der Waals surface area contributed by atoms with E-state index >= 15 is 0 Å². The number of hydrogen-bond acceptors (Lipinski definition) is 3. The first kappa shape index (κ1) is 17.4. The van der Waals surface area contributed by atoms with Crippen molar-refractivity contribution >= 4 is 11.6 Å². The monoisotopic (exact) mass is 333 g/mol. The standard InChI is InChI=1S/C18H14F3NO2/c1-23-16-8-13(9-17(10-16)24-2)14(11-22)6-12-4-3-5-15(7-12)18(19,20)21/h3-10H,1-2H3/b14-6+. The van der Waals surface area contributed by atoms with Crippen LogP contribution >= 0.6 is 0 Å². The van der Waals surface area contributed by atoms with Crippen LogP contribution in [0, 0.1) is 11.3 Å². The largest absolute Gasteiger partial charge is 0.497 e. The number of ether oxygens (including phenoxy) is 2. The number of methoxy groups -OCH3 is 2. The van der Waals surface area contributed by atoms with Gasteiger partial charge in [0.05, 0.1) is 31.4 Å². The van der Waals surface area contributed by atoms with Gasteiger partial charge in [-0.15, -0.1) is 0 Å². The molecule has 0 fully saturated rings. The van der Waals surface area contributed by atoms with Crippen LogP contribution in [-0.2, 0) is 6.18 Å². The molecule has 0 radical (unpaired) electrons. The molecule has 0 saturated carbocycles. The summed E-state index contributed by atoms with van der Waals surface area (Å²) in [7, 11) is 2.95. The van der Waals surface area contributed by atoms with E-state index in [1.54, 1.807) is 18.2 Å². The lowest BCUT2D eigenvalue weighted by atomic mass is 10.0. The van der Waals surface area contributed by atoms with Crippen molar-refractivity contribution in [2.75, 3.05) is 14.2 Å². The van der Waals surface area contributed by atoms with Crippen LogP contribution in [0.25, 0.3) is 11.6 Å². The predicted molar refractivity (Wildman–Crippen MR) is 84.5 cm³/mol. The highest BCUT2D eigenvalue weighted by Gasteiger charge is 2.30. The molecule has 124 valence electrons. The summed E-state index contributed by atoms with van der Waals surface area (Å²) in [6, 6.07) is 11.7. The van der Waals surface area contributed by atoms with E-state index in [0.717, 1.165) is 12.1 Å². The number of nitriles is 1. The lowest BCUT2D eigenvalue weighted by Crippen LogP contribution is -2.04. The summed E-state index contributed by atoms with van der Waals surface area (Å²) in [5, 5.41) is 9.37. The van der Waals surface area contributed by atoms with Gasteiger partial charge in [0.15, 0.2) is 0 Å². The smallest absolute Gasteiger partial charge is 0.416 e. The molecule has 2 aromatic carbocycles. The van der Waals surface area contributed by atoms with E-state index in [1.165, 1.54) is 32.4 Å². The van der Waals surface area contributed by atoms with Crippen LogP contribution in [0.3, 0.4) is 0 Å². The summed E-state index contributed by atoms with van der Waals surface area (Å²) >= 11 is 0. The summed E-state index contributed by atoms with van der Waals surface area (Å²) in [6.07, 6.45) is -3.04. The lowest BCUT2D eigenvalue weighted by molar-refractivity contribution is -0.137. The molecule has 0 spiro atoms. The Balaban J connectivity index is 2.49. The van der Waals surface area contributed by atoms with Crippen molar-refractivity contribution in [1.82, 2.24) is 0 Å². The van der Waals surface area contributed by atoms with Gasteiger partial charge in [-0.05, 0) is 41.5 Å². The first-order chi connectivity index (χ1) is 11.4. The topological polar surface area (TPSA) is 42.2 Å². The summed E-state index contributed by atoms with van der Waals surface area (Å²) in [5.74, 6) is 0.962. The third-order valence-electron chi connectivity index (χ3n) is 3.31. The van der Waals surface area contributed by atoms with Gasteiger partial charge in [-0.25, -0.2) is 0 Å². The average molecular weight is 333 g/mol. The summed E-state index contributed by atoms with van der Waals surface area (Å²) in [5.41, 5.74) is 0.206. The van der Waals surface area contributed by atoms with Gasteiger partial charge in [0.2, 0.25) is 0 Å². The average Bonchev–Trinajstić information content (AvgIpc) is 2.58.